The van der Waals surface area contributed by atoms with Crippen molar-refractivity contribution in [3.05, 3.63) is 0 Å². The summed E-state index contributed by atoms with van der Waals surface area (Å²) in [4.78, 5) is 0. The normalized spacial score (nSPS) is 52.2. The zero-order valence-corrected chi connectivity index (χ0v) is 6.15. The Morgan fingerprint density at radius 3 is 2.50 bits per heavy atom. The number of hydrogen-bond donors (Lipinski definition) is 1. The third-order valence-corrected chi connectivity index (χ3v) is 2.96. The summed E-state index contributed by atoms with van der Waals surface area (Å²) in [6.45, 7) is 0.683. The van der Waals surface area contributed by atoms with Gasteiger partial charge in [0.05, 0.1) is 0 Å². The van der Waals surface area contributed by atoms with Crippen molar-refractivity contribution in [2.75, 3.05) is 6.54 Å². The van der Waals surface area contributed by atoms with Crippen LogP contribution in [-0.4, -0.2) is 12.2 Å². The highest BCUT2D eigenvalue weighted by atomic mass is 19.1. The van der Waals surface area contributed by atoms with E-state index in [9.17, 15) is 4.39 Å². The molecule has 0 spiro atoms. The van der Waals surface area contributed by atoms with Crippen LogP contribution in [0.15, 0.2) is 0 Å². The Bertz CT molecular complexity index is 140. The Balaban J connectivity index is 1.98. The van der Waals surface area contributed by atoms with Gasteiger partial charge in [0.15, 0.2) is 0 Å². The zero-order valence-electron chi connectivity index (χ0n) is 6.15. The molecular weight excluding hydrogens is 129 g/mol. The van der Waals surface area contributed by atoms with Gasteiger partial charge >= 0.3 is 0 Å². The molecule has 10 heavy (non-hydrogen) atoms. The summed E-state index contributed by atoms with van der Waals surface area (Å²) in [5.74, 6) is 1.16. The number of halogens is 1. The summed E-state index contributed by atoms with van der Waals surface area (Å²) in [5, 5.41) is 0. The molecule has 0 radical (unpaired) electrons. The van der Waals surface area contributed by atoms with Gasteiger partial charge in [0.25, 0.3) is 0 Å². The minimum atomic E-state index is -0.785. The van der Waals surface area contributed by atoms with Crippen molar-refractivity contribution in [1.82, 2.24) is 0 Å². The van der Waals surface area contributed by atoms with Crippen LogP contribution in [0.3, 0.4) is 0 Å². The maximum absolute atomic E-state index is 13.3. The minimum absolute atomic E-state index is 0.484. The molecule has 2 N–H and O–H groups in total. The predicted octanol–water partition coefficient (Wildman–Crippen LogP) is 1.47. The van der Waals surface area contributed by atoms with Crippen LogP contribution in [0.1, 0.15) is 25.7 Å². The van der Waals surface area contributed by atoms with E-state index in [1.54, 1.807) is 0 Å². The molecule has 3 aliphatic rings. The summed E-state index contributed by atoms with van der Waals surface area (Å²) >= 11 is 0. The van der Waals surface area contributed by atoms with Gasteiger partial charge in [0.2, 0.25) is 0 Å². The molecule has 0 aromatic heterocycles. The molecule has 0 heterocycles. The summed E-state index contributed by atoms with van der Waals surface area (Å²) in [7, 11) is 0. The second-order valence-corrected chi connectivity index (χ2v) is 3.97. The first kappa shape index (κ1) is 6.59. The van der Waals surface area contributed by atoms with Crippen molar-refractivity contribution < 1.29 is 4.39 Å². The van der Waals surface area contributed by atoms with Crippen molar-refractivity contribution in [2.24, 2.45) is 17.6 Å². The van der Waals surface area contributed by atoms with E-state index in [0.29, 0.717) is 18.4 Å². The average Bonchev–Trinajstić information content (AvgIpc) is 1.85. The maximum atomic E-state index is 13.3. The lowest BCUT2D eigenvalue weighted by atomic mass is 9.59. The molecule has 1 atom stereocenters. The summed E-state index contributed by atoms with van der Waals surface area (Å²) in [6.07, 6.45) is 3.56. The number of alkyl halides is 1. The van der Waals surface area contributed by atoms with E-state index in [2.05, 4.69) is 0 Å². The second kappa shape index (κ2) is 1.94. The lowest BCUT2D eigenvalue weighted by Gasteiger charge is -2.49. The molecule has 1 unspecified atom stereocenters. The van der Waals surface area contributed by atoms with Crippen LogP contribution in [0.5, 0.6) is 0 Å². The Hall–Kier alpha value is -0.110. The summed E-state index contributed by atoms with van der Waals surface area (Å²) < 4.78 is 13.3. The minimum Gasteiger partial charge on any atom is -0.330 e. The van der Waals surface area contributed by atoms with E-state index in [4.69, 9.17) is 5.73 Å². The Morgan fingerprint density at radius 2 is 2.10 bits per heavy atom. The largest absolute Gasteiger partial charge is 0.330 e. The first-order valence-electron chi connectivity index (χ1n) is 4.11. The van der Waals surface area contributed by atoms with Crippen LogP contribution in [0.2, 0.25) is 0 Å². The molecule has 3 fully saturated rings. The fraction of sp³-hybridized carbons (Fsp3) is 1.00. The molecule has 3 rings (SSSR count). The highest BCUT2D eigenvalue weighted by Gasteiger charge is 2.50. The molecule has 1 nitrogen and oxygen atoms in total. The molecule has 0 aromatic rings. The van der Waals surface area contributed by atoms with Crippen molar-refractivity contribution >= 4 is 0 Å². The van der Waals surface area contributed by atoms with Crippen molar-refractivity contribution in [3.8, 4) is 0 Å². The van der Waals surface area contributed by atoms with E-state index in [1.807, 2.05) is 0 Å². The number of rotatable bonds is 1. The van der Waals surface area contributed by atoms with E-state index in [-0.39, 0.29) is 0 Å². The van der Waals surface area contributed by atoms with Crippen molar-refractivity contribution in [2.45, 2.75) is 31.4 Å². The molecule has 0 aliphatic heterocycles. The lowest BCUT2D eigenvalue weighted by Crippen LogP contribution is -2.48. The smallest absolute Gasteiger partial charge is 0.112 e. The summed E-state index contributed by atoms with van der Waals surface area (Å²) in [5.41, 5.74) is 4.69. The van der Waals surface area contributed by atoms with E-state index >= 15 is 0 Å². The van der Waals surface area contributed by atoms with Crippen LogP contribution in [0, 0.1) is 11.8 Å². The number of fused-ring (bicyclic) bond motifs is 2. The Labute approximate surface area is 60.8 Å². The molecule has 0 saturated heterocycles. The quantitative estimate of drug-likeness (QED) is 0.591. The molecule has 3 aliphatic carbocycles. The molecule has 2 heteroatoms. The second-order valence-electron chi connectivity index (χ2n) is 3.97. The molecule has 0 aromatic carbocycles. The van der Waals surface area contributed by atoms with Crippen LogP contribution in [-0.2, 0) is 0 Å². The van der Waals surface area contributed by atoms with E-state index < -0.39 is 5.67 Å². The molecule has 3 saturated carbocycles. The molecular formula is C8H14FN. The number of hydrogen-bond acceptors (Lipinski definition) is 1. The van der Waals surface area contributed by atoms with Gasteiger partial charge < -0.3 is 5.73 Å². The molecule has 58 valence electrons. The lowest BCUT2D eigenvalue weighted by molar-refractivity contribution is -0.0639. The Morgan fingerprint density at radius 1 is 1.40 bits per heavy atom. The van der Waals surface area contributed by atoms with Crippen LogP contribution in [0.25, 0.3) is 0 Å². The average molecular weight is 143 g/mol. The van der Waals surface area contributed by atoms with Crippen molar-refractivity contribution in [3.63, 3.8) is 0 Å². The molecule has 2 bridgehead atoms. The van der Waals surface area contributed by atoms with Gasteiger partial charge in [-0.1, -0.05) is 0 Å². The van der Waals surface area contributed by atoms with Gasteiger partial charge in [0.1, 0.15) is 5.67 Å². The van der Waals surface area contributed by atoms with Crippen molar-refractivity contribution in [1.29, 1.82) is 0 Å². The standard InChI is InChI=1S/C8H14FN/c9-8-2-6(3-8)1-7(4-8)5-10/h6-7H,1-5,10H2. The topological polar surface area (TPSA) is 26.0 Å². The molecule has 0 amide bonds. The third-order valence-electron chi connectivity index (χ3n) is 2.96. The highest BCUT2D eigenvalue weighted by Crippen LogP contribution is 2.53. The van der Waals surface area contributed by atoms with Gasteiger partial charge in [-0.15, -0.1) is 0 Å². The third kappa shape index (κ3) is 0.858. The number of nitrogens with two attached hydrogens (primary N) is 1. The van der Waals surface area contributed by atoms with Gasteiger partial charge in [0, 0.05) is 0 Å². The monoisotopic (exact) mass is 143 g/mol. The first-order valence-corrected chi connectivity index (χ1v) is 4.11. The van der Waals surface area contributed by atoms with E-state index in [0.717, 1.165) is 19.3 Å². The fourth-order valence-electron chi connectivity index (χ4n) is 2.56. The van der Waals surface area contributed by atoms with Gasteiger partial charge in [-0.2, -0.15) is 0 Å². The SMILES string of the molecule is NCC1CC2CC(F)(C1)C2. The summed E-state index contributed by atoms with van der Waals surface area (Å²) in [6, 6.07) is 0. The first-order chi connectivity index (χ1) is 4.72. The van der Waals surface area contributed by atoms with Gasteiger partial charge in [-0.3, -0.25) is 0 Å². The van der Waals surface area contributed by atoms with Gasteiger partial charge in [-0.25, -0.2) is 4.39 Å². The van der Waals surface area contributed by atoms with Crippen LogP contribution in [0.4, 0.5) is 4.39 Å². The fourth-order valence-corrected chi connectivity index (χ4v) is 2.56. The van der Waals surface area contributed by atoms with Gasteiger partial charge in [-0.05, 0) is 44.1 Å². The highest BCUT2D eigenvalue weighted by molar-refractivity contribution is 5.01. The zero-order chi connectivity index (χ0) is 7.19. The maximum Gasteiger partial charge on any atom is 0.112 e. The van der Waals surface area contributed by atoms with Crippen LogP contribution >= 0.6 is 0 Å². The van der Waals surface area contributed by atoms with E-state index in [1.165, 1.54) is 6.42 Å². The predicted molar refractivity (Wildman–Crippen MR) is 38.3 cm³/mol. The van der Waals surface area contributed by atoms with Crippen LogP contribution < -0.4 is 5.73 Å². The Kier molecular flexibility index (Phi) is 1.28.